The number of aliphatic hydroxyl groups excluding tert-OH is 1. The summed E-state index contributed by atoms with van der Waals surface area (Å²) in [4.78, 5) is 12.0. The normalized spacial score (nSPS) is 12.0. The Hall–Kier alpha value is -1.98. The number of halogens is 2. The van der Waals surface area contributed by atoms with E-state index in [2.05, 4.69) is 55.7 Å². The lowest BCUT2D eigenvalue weighted by atomic mass is 10.1. The van der Waals surface area contributed by atoms with Crippen molar-refractivity contribution in [2.75, 3.05) is 0 Å². The van der Waals surface area contributed by atoms with E-state index in [4.69, 9.17) is 4.74 Å². The van der Waals surface area contributed by atoms with Crippen LogP contribution in [-0.4, -0.2) is 17.2 Å². The minimum absolute atomic E-state index is 0.494. The van der Waals surface area contributed by atoms with Crippen LogP contribution >= 0.6 is 45.2 Å². The van der Waals surface area contributed by atoms with Gasteiger partial charge in [-0.25, -0.2) is 5.43 Å². The van der Waals surface area contributed by atoms with Crippen LogP contribution in [0.15, 0.2) is 77.9 Å². The van der Waals surface area contributed by atoms with Crippen LogP contribution in [0.1, 0.15) is 22.8 Å². The molecule has 2 N–H and O–H groups in total. The molecular weight excluding hydrogens is 594 g/mol. The lowest BCUT2D eigenvalue weighted by Crippen LogP contribution is -2.25. The van der Waals surface area contributed by atoms with Crippen LogP contribution in [0.25, 0.3) is 0 Å². The summed E-state index contributed by atoms with van der Waals surface area (Å²) >= 11 is 4.44. The summed E-state index contributed by atoms with van der Waals surface area (Å²) in [5.41, 5.74) is 4.81. The first-order valence-corrected chi connectivity index (χ1v) is 10.9. The Labute approximate surface area is 196 Å². The number of nitrogens with zero attached hydrogens (tertiary/aromatic N) is 1. The first-order valence-electron chi connectivity index (χ1n) is 8.76. The number of ether oxygens (including phenoxy) is 1. The monoisotopic (exact) mass is 612 g/mol. The zero-order chi connectivity index (χ0) is 20.6. The van der Waals surface area contributed by atoms with Crippen LogP contribution in [0.4, 0.5) is 0 Å². The number of carbonyl (C=O) groups excluding carboxylic acids is 1. The maximum Gasteiger partial charge on any atom is 0.273 e. The fraction of sp³-hybridized carbons (Fsp3) is 0.0909. The van der Waals surface area contributed by atoms with Gasteiger partial charge >= 0.3 is 0 Å². The standard InChI is InChI=1S/C22H18I2N2O3/c23-18-11-16(12-19(24)21(18)29-14-15-7-3-1-4-8-15)13-25-26-22(28)20(27)17-9-5-2-6-10-17/h1-13,20,27H,14H2,(H,26,28)/b25-13-/t20-/m1/s1. The predicted octanol–water partition coefficient (Wildman–Crippen LogP) is 4.66. The predicted molar refractivity (Wildman–Crippen MR) is 130 cm³/mol. The molecule has 0 saturated carbocycles. The van der Waals surface area contributed by atoms with Crippen LogP contribution in [0.5, 0.6) is 5.75 Å². The van der Waals surface area contributed by atoms with Gasteiger partial charge in [-0.3, -0.25) is 4.79 Å². The number of benzene rings is 3. The van der Waals surface area contributed by atoms with Crippen molar-refractivity contribution in [3.63, 3.8) is 0 Å². The van der Waals surface area contributed by atoms with Crippen LogP contribution in [0.3, 0.4) is 0 Å². The third-order valence-electron chi connectivity index (χ3n) is 4.00. The molecule has 0 aromatic heterocycles. The van der Waals surface area contributed by atoms with E-state index < -0.39 is 12.0 Å². The van der Waals surface area contributed by atoms with Gasteiger partial charge < -0.3 is 9.84 Å². The highest BCUT2D eigenvalue weighted by Crippen LogP contribution is 2.29. The number of rotatable bonds is 7. The van der Waals surface area contributed by atoms with Crippen LogP contribution in [0, 0.1) is 7.14 Å². The molecule has 0 saturated heterocycles. The van der Waals surface area contributed by atoms with Gasteiger partial charge in [0.25, 0.3) is 5.91 Å². The molecule has 0 bridgehead atoms. The van der Waals surface area contributed by atoms with E-state index >= 15 is 0 Å². The molecule has 0 unspecified atom stereocenters. The fourth-order valence-electron chi connectivity index (χ4n) is 2.54. The third-order valence-corrected chi connectivity index (χ3v) is 5.60. The maximum atomic E-state index is 12.0. The van der Waals surface area contributed by atoms with Crippen molar-refractivity contribution in [3.05, 3.63) is 96.6 Å². The number of nitrogens with one attached hydrogen (secondary N) is 1. The molecule has 7 heteroatoms. The number of hydrazone groups is 1. The van der Waals surface area contributed by atoms with Crippen molar-refractivity contribution in [2.24, 2.45) is 5.10 Å². The largest absolute Gasteiger partial charge is 0.487 e. The number of amides is 1. The smallest absolute Gasteiger partial charge is 0.273 e. The van der Waals surface area contributed by atoms with Crippen molar-refractivity contribution in [3.8, 4) is 5.75 Å². The summed E-state index contributed by atoms with van der Waals surface area (Å²) in [5, 5.41) is 14.0. The summed E-state index contributed by atoms with van der Waals surface area (Å²) in [6, 6.07) is 22.6. The molecule has 1 amide bonds. The van der Waals surface area contributed by atoms with Gasteiger partial charge in [-0.15, -0.1) is 0 Å². The molecule has 0 heterocycles. The highest BCUT2D eigenvalue weighted by molar-refractivity contribution is 14.1. The van der Waals surface area contributed by atoms with Crippen molar-refractivity contribution in [2.45, 2.75) is 12.7 Å². The molecule has 5 nitrogen and oxygen atoms in total. The van der Waals surface area contributed by atoms with Gasteiger partial charge in [-0.2, -0.15) is 5.10 Å². The lowest BCUT2D eigenvalue weighted by Gasteiger charge is -2.11. The van der Waals surface area contributed by atoms with Gasteiger partial charge in [0.05, 0.1) is 13.4 Å². The Morgan fingerprint density at radius 1 is 1.03 bits per heavy atom. The summed E-state index contributed by atoms with van der Waals surface area (Å²) in [6.45, 7) is 0.494. The molecule has 0 aliphatic heterocycles. The Morgan fingerprint density at radius 3 is 2.24 bits per heavy atom. The maximum absolute atomic E-state index is 12.0. The molecule has 29 heavy (non-hydrogen) atoms. The molecule has 0 radical (unpaired) electrons. The number of hydrogen-bond donors (Lipinski definition) is 2. The Morgan fingerprint density at radius 2 is 1.62 bits per heavy atom. The average molecular weight is 612 g/mol. The fourth-order valence-corrected chi connectivity index (χ4v) is 4.67. The van der Waals surface area contributed by atoms with Gasteiger partial charge in [-0.1, -0.05) is 60.7 Å². The van der Waals surface area contributed by atoms with E-state index in [1.807, 2.05) is 48.5 Å². The molecule has 0 spiro atoms. The van der Waals surface area contributed by atoms with Crippen LogP contribution < -0.4 is 10.2 Å². The molecule has 0 aliphatic carbocycles. The SMILES string of the molecule is O=C(N/N=C\c1cc(I)c(OCc2ccccc2)c(I)c1)[C@H](O)c1ccccc1. The van der Waals surface area contributed by atoms with E-state index in [1.54, 1.807) is 30.5 Å². The Balaban J connectivity index is 1.61. The van der Waals surface area contributed by atoms with E-state index in [0.717, 1.165) is 24.0 Å². The Kier molecular flexibility index (Phi) is 8.01. The molecule has 3 aromatic carbocycles. The van der Waals surface area contributed by atoms with Crippen molar-refractivity contribution < 1.29 is 14.6 Å². The summed E-state index contributed by atoms with van der Waals surface area (Å²) in [6.07, 6.45) is 0.281. The van der Waals surface area contributed by atoms with E-state index in [0.29, 0.717) is 12.2 Å². The minimum Gasteiger partial charge on any atom is -0.487 e. The second-order valence-corrected chi connectivity index (χ2v) is 8.46. The second kappa shape index (κ2) is 10.7. The van der Waals surface area contributed by atoms with Crippen molar-refractivity contribution in [1.29, 1.82) is 0 Å². The van der Waals surface area contributed by atoms with Crippen LogP contribution in [0.2, 0.25) is 0 Å². The summed E-state index contributed by atoms with van der Waals surface area (Å²) in [7, 11) is 0. The van der Waals surface area contributed by atoms with Crippen molar-refractivity contribution in [1.82, 2.24) is 5.43 Å². The molecule has 1 atom stereocenters. The topological polar surface area (TPSA) is 70.9 Å². The first kappa shape index (κ1) is 21.7. The number of carbonyl (C=O) groups is 1. The quantitative estimate of drug-likeness (QED) is 0.232. The van der Waals surface area contributed by atoms with Crippen LogP contribution in [-0.2, 0) is 11.4 Å². The average Bonchev–Trinajstić information content (AvgIpc) is 2.74. The first-order chi connectivity index (χ1) is 14.0. The molecule has 148 valence electrons. The summed E-state index contributed by atoms with van der Waals surface area (Å²) < 4.78 is 7.86. The Bertz CT molecular complexity index is 972. The van der Waals surface area contributed by atoms with Gasteiger partial charge in [-0.05, 0) is 74.0 Å². The lowest BCUT2D eigenvalue weighted by molar-refractivity contribution is -0.129. The van der Waals surface area contributed by atoms with Gasteiger partial charge in [0.15, 0.2) is 6.10 Å². The molecule has 0 fully saturated rings. The molecule has 0 aliphatic rings. The molecular formula is C22H18I2N2O3. The summed E-state index contributed by atoms with van der Waals surface area (Å²) in [5.74, 6) is 0.232. The molecule has 3 rings (SSSR count). The van der Waals surface area contributed by atoms with E-state index in [1.165, 1.54) is 0 Å². The minimum atomic E-state index is -1.26. The number of hydrogen-bond acceptors (Lipinski definition) is 4. The van der Waals surface area contributed by atoms with E-state index in [-0.39, 0.29) is 0 Å². The van der Waals surface area contributed by atoms with E-state index in [9.17, 15) is 9.90 Å². The highest BCUT2D eigenvalue weighted by Gasteiger charge is 2.16. The second-order valence-electron chi connectivity index (χ2n) is 6.14. The molecule has 3 aromatic rings. The third kappa shape index (κ3) is 6.25. The zero-order valence-electron chi connectivity index (χ0n) is 15.3. The van der Waals surface area contributed by atoms with Gasteiger partial charge in [0.1, 0.15) is 12.4 Å². The van der Waals surface area contributed by atoms with Gasteiger partial charge in [0.2, 0.25) is 0 Å². The number of aliphatic hydroxyl groups is 1. The van der Waals surface area contributed by atoms with Crippen molar-refractivity contribution >= 4 is 57.3 Å². The zero-order valence-corrected chi connectivity index (χ0v) is 19.6. The highest BCUT2D eigenvalue weighted by atomic mass is 127. The van der Waals surface area contributed by atoms with Gasteiger partial charge in [0, 0.05) is 0 Å².